The Morgan fingerprint density at radius 1 is 0.827 bits per heavy atom. The molecule has 8 rings (SSSR count). The molecule has 2 aliphatic heterocycles. The van der Waals surface area contributed by atoms with Gasteiger partial charge in [-0.15, -0.1) is 11.8 Å². The van der Waals surface area contributed by atoms with Crippen molar-refractivity contribution in [3.63, 3.8) is 0 Å². The minimum atomic E-state index is -0.665. The molecule has 0 radical (unpaired) electrons. The van der Waals surface area contributed by atoms with Gasteiger partial charge in [0.2, 0.25) is 24.5 Å². The van der Waals surface area contributed by atoms with Crippen LogP contribution in [0.15, 0.2) is 136 Å². The van der Waals surface area contributed by atoms with Crippen molar-refractivity contribution < 1.29 is 33.1 Å². The van der Waals surface area contributed by atoms with Gasteiger partial charge in [0.25, 0.3) is 11.8 Å². The number of carbonyl (C=O) groups excluding carboxylic acids is 4. The lowest BCUT2D eigenvalue weighted by molar-refractivity contribution is -0.121. The number of amides is 4. The fraction of sp³-hybridized carbons (Fsp3) is 0.0750. The fourth-order valence-electron chi connectivity index (χ4n) is 5.84. The number of fused-ring (bicyclic) bond motifs is 2. The molecule has 4 amide bonds. The number of nitrogens with one attached hydrogen (secondary N) is 2. The van der Waals surface area contributed by atoms with Gasteiger partial charge < -0.3 is 24.5 Å². The number of rotatable bonds is 9. The van der Waals surface area contributed by atoms with Gasteiger partial charge in [-0.1, -0.05) is 42.5 Å². The normalized spacial score (nSPS) is 15.3. The van der Waals surface area contributed by atoms with E-state index in [4.69, 9.17) is 13.9 Å². The molecule has 52 heavy (non-hydrogen) atoms. The van der Waals surface area contributed by atoms with Crippen LogP contribution in [-0.2, 0) is 14.4 Å². The lowest BCUT2D eigenvalue weighted by Gasteiger charge is -2.15. The molecule has 0 spiro atoms. The van der Waals surface area contributed by atoms with E-state index in [2.05, 4.69) is 15.6 Å². The number of imide groups is 1. The van der Waals surface area contributed by atoms with Crippen LogP contribution < -0.4 is 25.0 Å². The molecule has 0 saturated carbocycles. The van der Waals surface area contributed by atoms with Crippen LogP contribution >= 0.6 is 11.8 Å². The van der Waals surface area contributed by atoms with Crippen LogP contribution in [0.3, 0.4) is 0 Å². The van der Waals surface area contributed by atoms with Crippen molar-refractivity contribution >= 4 is 63.9 Å². The Morgan fingerprint density at radius 2 is 1.62 bits per heavy atom. The van der Waals surface area contributed by atoms with E-state index >= 15 is 0 Å². The lowest BCUT2D eigenvalue weighted by Crippen LogP contribution is -2.31. The second-order valence-corrected chi connectivity index (χ2v) is 13.2. The molecule has 2 aliphatic rings. The Hall–Kier alpha value is -6.66. The van der Waals surface area contributed by atoms with Gasteiger partial charge in [-0.05, 0) is 90.5 Å². The summed E-state index contributed by atoms with van der Waals surface area (Å²) in [6.45, 7) is 0.100. The number of para-hydroxylation sites is 2. The average Bonchev–Trinajstić information content (AvgIpc) is 3.89. The first-order valence-electron chi connectivity index (χ1n) is 16.3. The molecule has 1 aromatic heterocycles. The minimum absolute atomic E-state index is 0.0000977. The Morgan fingerprint density at radius 3 is 2.44 bits per heavy atom. The zero-order valence-corrected chi connectivity index (χ0v) is 28.1. The molecule has 5 aromatic carbocycles. The number of hydrogen-bond donors (Lipinski definition) is 2. The smallest absolute Gasteiger partial charge is 0.272 e. The molecule has 1 fully saturated rings. The zero-order valence-electron chi connectivity index (χ0n) is 27.3. The zero-order chi connectivity index (χ0) is 35.6. The number of benzene rings is 5. The molecule has 3 heterocycles. The Labute approximate surface area is 301 Å². The van der Waals surface area contributed by atoms with Crippen LogP contribution in [0, 0.1) is 0 Å². The van der Waals surface area contributed by atoms with Crippen LogP contribution in [0.4, 0.5) is 11.4 Å². The number of carbonyl (C=O) groups is 4. The Balaban J connectivity index is 0.967. The third kappa shape index (κ3) is 6.74. The molecule has 256 valence electrons. The molecule has 12 heteroatoms. The van der Waals surface area contributed by atoms with Crippen molar-refractivity contribution in [2.24, 2.45) is 0 Å². The second kappa shape index (κ2) is 13.9. The Bertz CT molecular complexity index is 2360. The van der Waals surface area contributed by atoms with E-state index in [0.29, 0.717) is 50.4 Å². The van der Waals surface area contributed by atoms with Crippen LogP contribution in [0.1, 0.15) is 22.3 Å². The monoisotopic (exact) mass is 708 g/mol. The van der Waals surface area contributed by atoms with Crippen molar-refractivity contribution in [1.29, 1.82) is 0 Å². The van der Waals surface area contributed by atoms with E-state index in [1.807, 2.05) is 24.3 Å². The van der Waals surface area contributed by atoms with E-state index in [-0.39, 0.29) is 30.7 Å². The van der Waals surface area contributed by atoms with Crippen molar-refractivity contribution in [2.45, 2.75) is 16.6 Å². The quantitative estimate of drug-likeness (QED) is 0.119. The van der Waals surface area contributed by atoms with Crippen molar-refractivity contribution in [3.05, 3.63) is 138 Å². The largest absolute Gasteiger partial charge is 0.454 e. The van der Waals surface area contributed by atoms with Gasteiger partial charge in [0, 0.05) is 28.1 Å². The summed E-state index contributed by atoms with van der Waals surface area (Å²) >= 11 is 1.24. The van der Waals surface area contributed by atoms with Gasteiger partial charge in [0.15, 0.2) is 17.1 Å². The molecule has 0 aliphatic carbocycles. The summed E-state index contributed by atoms with van der Waals surface area (Å²) in [6, 6.07) is 35.1. The predicted octanol–water partition coefficient (Wildman–Crippen LogP) is 7.06. The summed E-state index contributed by atoms with van der Waals surface area (Å²) in [5.41, 5.74) is 4.02. The molecular weight excluding hydrogens is 681 g/mol. The molecule has 1 saturated heterocycles. The third-order valence-corrected chi connectivity index (χ3v) is 9.56. The van der Waals surface area contributed by atoms with E-state index in [1.54, 1.807) is 103 Å². The number of hydrogen-bond acceptors (Lipinski definition) is 9. The topological polar surface area (TPSA) is 140 Å². The van der Waals surface area contributed by atoms with Gasteiger partial charge in [-0.25, -0.2) is 9.88 Å². The summed E-state index contributed by atoms with van der Waals surface area (Å²) in [5.74, 6) is -0.105. The summed E-state index contributed by atoms with van der Waals surface area (Å²) in [6.07, 6.45) is 1.56. The standard InChI is InChI=1S/C40H28N4O7S/c45-36-22-35(40(48)44(36)28-16-14-26(15-17-28)39-43-30-11-4-5-12-32(30)51-39)52-29-10-6-9-27(21-29)41-38(47)31(42-37(46)25-7-2-1-3-8-25)19-24-13-18-33-34(20-24)50-23-49-33/h1-21,35H,22-23H2,(H,41,47)(H,42,46)/b31-19-. The lowest BCUT2D eigenvalue weighted by atomic mass is 10.1. The van der Waals surface area contributed by atoms with Crippen molar-refractivity contribution in [3.8, 4) is 23.0 Å². The second-order valence-electron chi connectivity index (χ2n) is 11.9. The first kappa shape index (κ1) is 32.5. The highest BCUT2D eigenvalue weighted by Crippen LogP contribution is 2.36. The highest BCUT2D eigenvalue weighted by Gasteiger charge is 2.40. The van der Waals surface area contributed by atoms with Gasteiger partial charge in [-0.2, -0.15) is 0 Å². The van der Waals surface area contributed by atoms with Crippen molar-refractivity contribution in [1.82, 2.24) is 10.3 Å². The summed E-state index contributed by atoms with van der Waals surface area (Å²) in [7, 11) is 0. The van der Waals surface area contributed by atoms with E-state index in [0.717, 1.165) is 11.1 Å². The van der Waals surface area contributed by atoms with Crippen molar-refractivity contribution in [2.75, 3.05) is 17.0 Å². The van der Waals surface area contributed by atoms with Gasteiger partial charge >= 0.3 is 0 Å². The average molecular weight is 709 g/mol. The number of ether oxygens (including phenoxy) is 2. The SMILES string of the molecule is O=C(Nc1cccc(SC2CC(=O)N(c3ccc(-c4nc5ccccc5o4)cc3)C2=O)c1)/C(=C/c1ccc2c(c1)OCO2)NC(=O)c1ccccc1. The van der Waals surface area contributed by atoms with E-state index < -0.39 is 17.1 Å². The van der Waals surface area contributed by atoms with E-state index in [9.17, 15) is 19.2 Å². The third-order valence-electron chi connectivity index (χ3n) is 8.38. The number of nitrogens with zero attached hydrogens (tertiary/aromatic N) is 2. The van der Waals surface area contributed by atoms with Crippen LogP contribution in [0.5, 0.6) is 11.5 Å². The first-order valence-corrected chi connectivity index (χ1v) is 17.1. The number of thioether (sulfide) groups is 1. The molecule has 0 bridgehead atoms. The number of anilines is 2. The molecule has 2 N–H and O–H groups in total. The van der Waals surface area contributed by atoms with Crippen LogP contribution in [0.25, 0.3) is 28.6 Å². The molecule has 1 unspecified atom stereocenters. The van der Waals surface area contributed by atoms with Crippen LogP contribution in [0.2, 0.25) is 0 Å². The molecule has 6 aromatic rings. The molecule has 1 atom stereocenters. The summed E-state index contributed by atoms with van der Waals surface area (Å²) in [5, 5.41) is 4.92. The van der Waals surface area contributed by atoms with Gasteiger partial charge in [0.1, 0.15) is 11.2 Å². The predicted molar refractivity (Wildman–Crippen MR) is 196 cm³/mol. The van der Waals surface area contributed by atoms with Gasteiger partial charge in [-0.3, -0.25) is 19.2 Å². The number of oxazole rings is 1. The van der Waals surface area contributed by atoms with Crippen LogP contribution in [-0.4, -0.2) is 40.7 Å². The number of aromatic nitrogens is 1. The summed E-state index contributed by atoms with van der Waals surface area (Å²) in [4.78, 5) is 59.8. The minimum Gasteiger partial charge on any atom is -0.454 e. The maximum atomic E-state index is 13.7. The van der Waals surface area contributed by atoms with Gasteiger partial charge in [0.05, 0.1) is 10.9 Å². The Kier molecular flexibility index (Phi) is 8.71. The fourth-order valence-corrected chi connectivity index (χ4v) is 6.95. The highest BCUT2D eigenvalue weighted by molar-refractivity contribution is 8.00. The molecular formula is C40H28N4O7S. The molecule has 11 nitrogen and oxygen atoms in total. The summed E-state index contributed by atoms with van der Waals surface area (Å²) < 4.78 is 16.7. The maximum absolute atomic E-state index is 13.7. The first-order chi connectivity index (χ1) is 25.4. The van der Waals surface area contributed by atoms with E-state index in [1.165, 1.54) is 16.7 Å². The highest BCUT2D eigenvalue weighted by atomic mass is 32.2. The maximum Gasteiger partial charge on any atom is 0.272 e.